The fourth-order valence-electron chi connectivity index (χ4n) is 9.25. The van der Waals surface area contributed by atoms with Crippen molar-refractivity contribution in [1.29, 1.82) is 0 Å². The topological polar surface area (TPSA) is 108 Å². The molecule has 1 N–H and O–H groups in total. The van der Waals surface area contributed by atoms with Crippen molar-refractivity contribution in [1.82, 2.24) is 0 Å². The fraction of sp³-hybridized carbons (Fsp3) is 0.598. The highest BCUT2D eigenvalue weighted by molar-refractivity contribution is 5.71. The van der Waals surface area contributed by atoms with Gasteiger partial charge in [0.1, 0.15) is 13.2 Å². The molecule has 91 heavy (non-hydrogen) atoms. The van der Waals surface area contributed by atoms with Crippen LogP contribution in [0.3, 0.4) is 0 Å². The molecule has 0 radical (unpaired) electrons. The van der Waals surface area contributed by atoms with E-state index in [2.05, 4.69) is 196 Å². The Bertz CT molecular complexity index is 2150. The predicted octanol–water partition coefficient (Wildman–Crippen LogP) is 22.8. The zero-order valence-electron chi connectivity index (χ0n) is 58.4. The van der Waals surface area contributed by atoms with E-state index in [0.717, 1.165) is 148 Å². The average Bonchev–Trinajstić information content (AvgIpc) is 3.46. The molecule has 2 unspecified atom stereocenters. The monoisotopic (exact) mass is 1260 g/mol. The molecule has 0 rings (SSSR count). The number of quaternary nitrogens is 1. The molecule has 0 aliphatic heterocycles. The molecule has 0 aliphatic rings. The van der Waals surface area contributed by atoms with E-state index in [9.17, 15) is 19.5 Å². The molecule has 0 saturated carbocycles. The van der Waals surface area contributed by atoms with Crippen LogP contribution in [0.4, 0.5) is 0 Å². The highest BCUT2D eigenvalue weighted by atomic mass is 16.7. The molecule has 512 valence electrons. The van der Waals surface area contributed by atoms with Crippen LogP contribution < -0.4 is 0 Å². The van der Waals surface area contributed by atoms with Crippen LogP contribution in [-0.4, -0.2) is 87.4 Å². The first-order valence-corrected chi connectivity index (χ1v) is 35.9. The summed E-state index contributed by atoms with van der Waals surface area (Å²) in [6.07, 6.45) is 104. The molecule has 0 heterocycles. The predicted molar refractivity (Wildman–Crippen MR) is 391 cm³/mol. The Labute approximate surface area is 558 Å². The number of likely N-dealkylation sites (N-methyl/N-ethyl adjacent to an activating group) is 1. The summed E-state index contributed by atoms with van der Waals surface area (Å²) < 4.78 is 23.0. The van der Waals surface area contributed by atoms with Crippen LogP contribution in [0.1, 0.15) is 258 Å². The Kier molecular flexibility index (Phi) is 65.9. The number of hydrogen-bond donors (Lipinski definition) is 1. The Morgan fingerprint density at radius 2 is 0.593 bits per heavy atom. The third-order valence-corrected chi connectivity index (χ3v) is 14.7. The minimum Gasteiger partial charge on any atom is -0.477 e. The number of ether oxygens (including phenoxy) is 4. The number of esters is 2. The number of hydrogen-bond acceptors (Lipinski definition) is 7. The largest absolute Gasteiger partial charge is 0.477 e. The second-order valence-electron chi connectivity index (χ2n) is 24.4. The zero-order chi connectivity index (χ0) is 66.1. The summed E-state index contributed by atoms with van der Waals surface area (Å²) in [6.45, 7) is 4.62. The van der Waals surface area contributed by atoms with Gasteiger partial charge >= 0.3 is 17.9 Å². The van der Waals surface area contributed by atoms with Gasteiger partial charge in [-0.25, -0.2) is 4.79 Å². The van der Waals surface area contributed by atoms with Crippen molar-refractivity contribution >= 4 is 17.9 Å². The lowest BCUT2D eigenvalue weighted by Crippen LogP contribution is -2.40. The summed E-state index contributed by atoms with van der Waals surface area (Å²) in [5.74, 6) is -2.05. The third kappa shape index (κ3) is 71.7. The lowest BCUT2D eigenvalue weighted by molar-refractivity contribution is -0.870. The maximum Gasteiger partial charge on any atom is 0.361 e. The van der Waals surface area contributed by atoms with Crippen LogP contribution in [0, 0.1) is 0 Å². The van der Waals surface area contributed by atoms with E-state index < -0.39 is 24.3 Å². The van der Waals surface area contributed by atoms with Crippen LogP contribution in [0.25, 0.3) is 0 Å². The molecule has 0 aromatic rings. The summed E-state index contributed by atoms with van der Waals surface area (Å²) in [5, 5.41) is 9.75. The van der Waals surface area contributed by atoms with E-state index in [-0.39, 0.29) is 38.6 Å². The van der Waals surface area contributed by atoms with Crippen molar-refractivity contribution in [3.8, 4) is 0 Å². The number of unbranched alkanes of at least 4 members (excludes halogenated alkanes) is 19. The first kappa shape index (κ1) is 85.4. The lowest BCUT2D eigenvalue weighted by Gasteiger charge is -2.25. The smallest absolute Gasteiger partial charge is 0.361 e. The van der Waals surface area contributed by atoms with E-state index in [1.54, 1.807) is 0 Å². The summed E-state index contributed by atoms with van der Waals surface area (Å²) in [4.78, 5) is 37.6. The van der Waals surface area contributed by atoms with Gasteiger partial charge in [-0.15, -0.1) is 0 Å². The van der Waals surface area contributed by atoms with Gasteiger partial charge in [0, 0.05) is 12.8 Å². The van der Waals surface area contributed by atoms with Crippen LogP contribution in [0.5, 0.6) is 0 Å². The highest BCUT2D eigenvalue weighted by Gasteiger charge is 2.25. The SMILES string of the molecule is CC/C=C\C/C=C\C/C=C\C/C=C\C/C=C\C/C=C\C/C=C\C/C=C\C/C=C\C/C=C\C/C=C\CCCCCCCC(=O)OC(COC(=O)CCCCCCCCCCCCCCCC/C=C\C/C=C\C/C=C\C/C=C\CC)COC(OCC[N+](C)(C)C)C(=O)O. The Hall–Kier alpha value is -5.61. The Morgan fingerprint density at radius 1 is 0.330 bits per heavy atom. The van der Waals surface area contributed by atoms with E-state index >= 15 is 0 Å². The molecule has 0 fully saturated rings. The first-order chi connectivity index (χ1) is 44.6. The zero-order valence-corrected chi connectivity index (χ0v) is 58.4. The van der Waals surface area contributed by atoms with Crippen LogP contribution in [0.15, 0.2) is 182 Å². The molecule has 0 bridgehead atoms. The molecule has 9 heteroatoms. The maximum atomic E-state index is 13.0. The lowest BCUT2D eigenvalue weighted by atomic mass is 10.0. The molecule has 0 aromatic carbocycles. The minimum atomic E-state index is -1.53. The molecule has 0 amide bonds. The van der Waals surface area contributed by atoms with Crippen molar-refractivity contribution in [3.05, 3.63) is 182 Å². The minimum absolute atomic E-state index is 0.174. The molecule has 0 saturated heterocycles. The highest BCUT2D eigenvalue weighted by Crippen LogP contribution is 2.16. The van der Waals surface area contributed by atoms with Crippen molar-refractivity contribution < 1.29 is 42.9 Å². The number of rotatable bonds is 64. The Morgan fingerprint density at radius 3 is 0.879 bits per heavy atom. The number of carboxylic acids is 1. The summed E-state index contributed by atoms with van der Waals surface area (Å²) >= 11 is 0. The Balaban J connectivity index is 4.22. The molecule has 0 aliphatic carbocycles. The van der Waals surface area contributed by atoms with E-state index in [0.29, 0.717) is 17.4 Å². The van der Waals surface area contributed by atoms with E-state index in [4.69, 9.17) is 18.9 Å². The number of carboxylic acid groups (broad SMARTS) is 1. The molecular formula is C82H132NO8+. The molecule has 9 nitrogen and oxygen atoms in total. The fourth-order valence-corrected chi connectivity index (χ4v) is 9.25. The van der Waals surface area contributed by atoms with Crippen LogP contribution in [-0.2, 0) is 33.3 Å². The number of allylic oxidation sites excluding steroid dienone is 30. The standard InChI is InChI=1S/C82H131NO8/c1-6-8-10-12-14-16-18-20-22-24-26-28-30-32-34-35-36-37-38-39-40-41-42-43-44-45-47-49-51-53-55-57-59-61-63-65-67-69-71-73-80(85)91-78(77-90-82(81(86)87)88-75-74-83(3,4)5)76-89-79(84)72-70-68-66-64-62-60-58-56-54-52-50-48-46-33-31-29-27-25-23-21-19-17-15-13-11-9-7-2/h8-11,14-17,20-23,26-29,32,34,36-37,39-40,42-43,45,47,51,53,57,59,78,82H,6-7,12-13,18-19,24-25,30-31,33,35,38,41,44,46,48-50,52,54-56,58,60-77H2,1-5H3/p+1/b10-8-,11-9-,16-14-,17-15-,22-20-,23-21-,28-26-,29-27-,34-32-,37-36-,40-39-,43-42-,47-45-,53-51-,59-57-. The van der Waals surface area contributed by atoms with Crippen molar-refractivity contribution in [2.45, 2.75) is 270 Å². The maximum absolute atomic E-state index is 13.0. The second-order valence-corrected chi connectivity index (χ2v) is 24.4. The van der Waals surface area contributed by atoms with Gasteiger partial charge in [0.2, 0.25) is 0 Å². The average molecular weight is 1260 g/mol. The van der Waals surface area contributed by atoms with Crippen molar-refractivity contribution in [2.75, 3.05) is 47.5 Å². The number of nitrogens with zero attached hydrogens (tertiary/aromatic N) is 1. The summed E-state index contributed by atoms with van der Waals surface area (Å²) in [7, 11) is 5.96. The van der Waals surface area contributed by atoms with Crippen molar-refractivity contribution in [3.63, 3.8) is 0 Å². The van der Waals surface area contributed by atoms with Gasteiger partial charge in [-0.05, 0) is 135 Å². The molecule has 0 aromatic heterocycles. The molecule has 2 atom stereocenters. The quantitative estimate of drug-likeness (QED) is 0.0211. The van der Waals surface area contributed by atoms with Gasteiger partial charge in [0.05, 0.1) is 34.4 Å². The van der Waals surface area contributed by atoms with Gasteiger partial charge in [-0.3, -0.25) is 9.59 Å². The number of aliphatic carboxylic acids is 1. The third-order valence-electron chi connectivity index (χ3n) is 14.7. The summed E-state index contributed by atoms with van der Waals surface area (Å²) in [6, 6.07) is 0. The van der Waals surface area contributed by atoms with E-state index in [1.165, 1.54) is 77.0 Å². The van der Waals surface area contributed by atoms with Gasteiger partial charge in [0.15, 0.2) is 6.10 Å². The molecule has 0 spiro atoms. The normalized spacial score (nSPS) is 13.8. The molecular weight excluding hydrogens is 1130 g/mol. The van der Waals surface area contributed by atoms with Crippen molar-refractivity contribution in [2.24, 2.45) is 0 Å². The number of carbonyl (C=O) groups is 3. The first-order valence-electron chi connectivity index (χ1n) is 35.9. The van der Waals surface area contributed by atoms with Crippen LogP contribution in [0.2, 0.25) is 0 Å². The summed E-state index contributed by atoms with van der Waals surface area (Å²) in [5.41, 5.74) is 0. The van der Waals surface area contributed by atoms with Gasteiger partial charge in [-0.1, -0.05) is 292 Å². The second kappa shape index (κ2) is 70.3. The van der Waals surface area contributed by atoms with Gasteiger partial charge < -0.3 is 28.5 Å². The van der Waals surface area contributed by atoms with Crippen LogP contribution >= 0.6 is 0 Å². The van der Waals surface area contributed by atoms with Gasteiger partial charge in [-0.2, -0.15) is 0 Å². The van der Waals surface area contributed by atoms with E-state index in [1.807, 2.05) is 21.1 Å². The number of carbonyl (C=O) groups excluding carboxylic acids is 2. The van der Waals surface area contributed by atoms with Gasteiger partial charge in [0.25, 0.3) is 6.29 Å².